The molecule has 37 heavy (non-hydrogen) atoms. The fourth-order valence-corrected chi connectivity index (χ4v) is 23.5. The molecule has 0 amide bonds. The molecule has 0 N–H and O–H groups in total. The van der Waals surface area contributed by atoms with Crippen molar-refractivity contribution in [3.8, 4) is 11.5 Å². The van der Waals surface area contributed by atoms with Gasteiger partial charge in [0.15, 0.2) is 0 Å². The van der Waals surface area contributed by atoms with E-state index in [0.717, 1.165) is 14.2 Å². The van der Waals surface area contributed by atoms with Crippen LogP contribution in [0, 0.1) is 46.5 Å². The van der Waals surface area contributed by atoms with Crippen LogP contribution in [0.4, 0.5) is 35.1 Å². The SMILES string of the molecule is COc1c(F)c(F)[c]([Pb]([c]2ccccc2)([c]2ccccc2)[c]2c(F)c(F)c(OC)c(F)c2F)c(F)c1F. The summed E-state index contributed by atoms with van der Waals surface area (Å²) >= 11 is -6.60. The summed E-state index contributed by atoms with van der Waals surface area (Å²) in [6.07, 6.45) is 0. The monoisotopic (exact) mass is 720 g/mol. The molecule has 11 heteroatoms. The molecule has 0 aliphatic carbocycles. The van der Waals surface area contributed by atoms with Crippen molar-refractivity contribution in [3.05, 3.63) is 107 Å². The van der Waals surface area contributed by atoms with E-state index in [1.54, 1.807) is 0 Å². The third-order valence-electron chi connectivity index (χ3n) is 6.02. The molecule has 192 valence electrons. The molecule has 0 saturated carbocycles. The summed E-state index contributed by atoms with van der Waals surface area (Å²) in [5, 5.41) is 0. The Bertz CT molecular complexity index is 1310. The molecule has 0 spiro atoms. The first kappa shape index (κ1) is 26.9. The van der Waals surface area contributed by atoms with E-state index in [2.05, 4.69) is 9.47 Å². The topological polar surface area (TPSA) is 18.5 Å². The third-order valence-corrected chi connectivity index (χ3v) is 24.6. The molecular weight excluding hydrogens is 703 g/mol. The molecule has 4 aromatic rings. The summed E-state index contributed by atoms with van der Waals surface area (Å²) in [7, 11) is 1.53. The third kappa shape index (κ3) is 3.96. The van der Waals surface area contributed by atoms with E-state index >= 15 is 35.1 Å². The summed E-state index contributed by atoms with van der Waals surface area (Å²) in [4.78, 5) is 0. The van der Waals surface area contributed by atoms with Crippen LogP contribution in [-0.2, 0) is 0 Å². The van der Waals surface area contributed by atoms with E-state index in [1.807, 2.05) is 0 Å². The second-order valence-electron chi connectivity index (χ2n) is 7.81. The number of methoxy groups -OCH3 is 2. The van der Waals surface area contributed by atoms with Gasteiger partial charge >= 0.3 is 211 Å². The zero-order valence-corrected chi connectivity index (χ0v) is 23.0. The number of hydrogen-bond acceptors (Lipinski definition) is 2. The molecule has 2 nitrogen and oxygen atoms in total. The summed E-state index contributed by atoms with van der Waals surface area (Å²) in [5.74, 6) is -18.7. The summed E-state index contributed by atoms with van der Waals surface area (Å²) in [6.45, 7) is 0. The molecule has 0 bridgehead atoms. The van der Waals surface area contributed by atoms with E-state index in [1.165, 1.54) is 60.7 Å². The first-order valence-electron chi connectivity index (χ1n) is 10.6. The standard InChI is InChI=1S/2C7H3F4O.2C6H5.Pb/c2*1-12-7-5(10)3(8)2-4(9)6(7)11;2*1-2-4-6-5-3-1;/h2*1H3;2*1-5H;. The molecule has 0 aliphatic rings. The van der Waals surface area contributed by atoms with Gasteiger partial charge in [0.2, 0.25) is 0 Å². The van der Waals surface area contributed by atoms with Crippen molar-refractivity contribution in [2.45, 2.75) is 0 Å². The zero-order chi connectivity index (χ0) is 27.1. The Hall–Kier alpha value is -3.16. The molecule has 0 radical (unpaired) electrons. The van der Waals surface area contributed by atoms with Crippen LogP contribution in [0.15, 0.2) is 60.7 Å². The number of ether oxygens (including phenoxy) is 2. The number of rotatable bonds is 6. The second-order valence-corrected chi connectivity index (χ2v) is 22.0. The van der Waals surface area contributed by atoms with Gasteiger partial charge in [-0.25, -0.2) is 0 Å². The first-order valence-corrected chi connectivity index (χ1v) is 18.3. The van der Waals surface area contributed by atoms with Crippen molar-refractivity contribution < 1.29 is 44.6 Å². The van der Waals surface area contributed by atoms with Gasteiger partial charge in [-0.2, -0.15) is 0 Å². The second kappa shape index (κ2) is 10.3. The van der Waals surface area contributed by atoms with Crippen LogP contribution in [0.2, 0.25) is 0 Å². The van der Waals surface area contributed by atoms with Crippen molar-refractivity contribution in [2.75, 3.05) is 14.2 Å². The summed E-state index contributed by atoms with van der Waals surface area (Å²) in [5.41, 5.74) is 0. The van der Waals surface area contributed by atoms with Gasteiger partial charge in [0.1, 0.15) is 0 Å². The Morgan fingerprint density at radius 2 is 0.703 bits per heavy atom. The Labute approximate surface area is 210 Å². The minimum absolute atomic E-state index is 0.148. The Morgan fingerprint density at radius 1 is 0.432 bits per heavy atom. The molecule has 0 atom stereocenters. The molecule has 0 aromatic heterocycles. The van der Waals surface area contributed by atoms with E-state index in [9.17, 15) is 0 Å². The predicted molar refractivity (Wildman–Crippen MR) is 123 cm³/mol. The summed E-state index contributed by atoms with van der Waals surface area (Å²) < 4.78 is 129. The average molecular weight is 720 g/mol. The first-order chi connectivity index (χ1) is 17.6. The fraction of sp³-hybridized carbons (Fsp3) is 0.0769. The van der Waals surface area contributed by atoms with Crippen molar-refractivity contribution in [3.63, 3.8) is 0 Å². The van der Waals surface area contributed by atoms with Gasteiger partial charge in [0.05, 0.1) is 0 Å². The van der Waals surface area contributed by atoms with Crippen molar-refractivity contribution in [2.24, 2.45) is 0 Å². The van der Waals surface area contributed by atoms with Crippen LogP contribution >= 0.6 is 0 Å². The van der Waals surface area contributed by atoms with Gasteiger partial charge in [0, 0.05) is 0 Å². The Morgan fingerprint density at radius 3 is 0.946 bits per heavy atom. The van der Waals surface area contributed by atoms with E-state index in [4.69, 9.17) is 0 Å². The number of hydrogen-bond donors (Lipinski definition) is 0. The van der Waals surface area contributed by atoms with Crippen LogP contribution in [0.5, 0.6) is 11.5 Å². The van der Waals surface area contributed by atoms with Crippen molar-refractivity contribution in [1.82, 2.24) is 0 Å². The summed E-state index contributed by atoms with van der Waals surface area (Å²) in [6, 6.07) is 13.3. The number of halogens is 8. The van der Waals surface area contributed by atoms with E-state index in [0.29, 0.717) is 0 Å². The normalized spacial score (nSPS) is 11.5. The van der Waals surface area contributed by atoms with Gasteiger partial charge in [-0.1, -0.05) is 0 Å². The fourth-order valence-electron chi connectivity index (χ4n) is 4.49. The quantitative estimate of drug-likeness (QED) is 0.169. The van der Waals surface area contributed by atoms with Crippen LogP contribution in [0.25, 0.3) is 0 Å². The molecule has 0 aliphatic heterocycles. The Kier molecular flexibility index (Phi) is 7.49. The molecular formula is C26H16F8O2Pb. The van der Waals surface area contributed by atoms with E-state index < -0.39 is 85.5 Å². The van der Waals surface area contributed by atoms with Crippen LogP contribution < -0.4 is 22.0 Å². The molecule has 0 fully saturated rings. The predicted octanol–water partition coefficient (Wildman–Crippen LogP) is 4.19. The van der Waals surface area contributed by atoms with Crippen LogP contribution in [0.1, 0.15) is 0 Å². The van der Waals surface area contributed by atoms with Crippen LogP contribution in [-0.4, -0.2) is 35.4 Å². The van der Waals surface area contributed by atoms with Crippen LogP contribution in [0.3, 0.4) is 0 Å². The zero-order valence-electron chi connectivity index (χ0n) is 19.1. The number of benzene rings is 4. The molecule has 0 unspecified atom stereocenters. The van der Waals surface area contributed by atoms with Crippen molar-refractivity contribution >= 4 is 33.7 Å². The van der Waals surface area contributed by atoms with Crippen molar-refractivity contribution in [1.29, 1.82) is 0 Å². The van der Waals surface area contributed by atoms with Gasteiger partial charge in [-0.05, 0) is 0 Å². The van der Waals surface area contributed by atoms with Gasteiger partial charge in [-0.15, -0.1) is 0 Å². The maximum absolute atomic E-state index is 15.8. The van der Waals surface area contributed by atoms with Gasteiger partial charge in [0.25, 0.3) is 0 Å². The maximum atomic E-state index is 15.8. The molecule has 0 heterocycles. The molecule has 0 saturated heterocycles. The van der Waals surface area contributed by atoms with Gasteiger partial charge < -0.3 is 0 Å². The Balaban J connectivity index is 2.39. The molecule has 4 rings (SSSR count). The van der Waals surface area contributed by atoms with Gasteiger partial charge in [-0.3, -0.25) is 0 Å². The average Bonchev–Trinajstić information content (AvgIpc) is 2.91. The van der Waals surface area contributed by atoms with E-state index in [-0.39, 0.29) is 6.25 Å². The minimum atomic E-state index is -6.60. The molecule has 4 aromatic carbocycles.